The van der Waals surface area contributed by atoms with Crippen LogP contribution < -0.4 is 0 Å². The fourth-order valence-electron chi connectivity index (χ4n) is 1.13. The van der Waals surface area contributed by atoms with E-state index in [-0.39, 0.29) is 0 Å². The summed E-state index contributed by atoms with van der Waals surface area (Å²) in [6.45, 7) is 0. The number of ketones is 1. The predicted molar refractivity (Wildman–Crippen MR) is 36.7 cm³/mol. The topological polar surface area (TPSA) is 17.1 Å². The Kier molecular flexibility index (Phi) is 0.963. The maximum absolute atomic E-state index is 10.8. The van der Waals surface area contributed by atoms with Crippen LogP contribution in [0.2, 0.25) is 0 Å². The first-order valence-electron chi connectivity index (χ1n) is 2.93. The van der Waals surface area contributed by atoms with Gasteiger partial charge in [-0.2, -0.15) is 0 Å². The van der Waals surface area contributed by atoms with Crippen molar-refractivity contribution >= 4 is 17.1 Å². The normalized spacial score (nSPS) is 16.2. The molecule has 0 fully saturated rings. The first kappa shape index (κ1) is 5.18. The third kappa shape index (κ3) is 0.704. The van der Waals surface area contributed by atoms with E-state index >= 15 is 0 Å². The molecule has 0 saturated carbocycles. The van der Waals surface area contributed by atoms with Gasteiger partial charge in [-0.15, -0.1) is 11.3 Å². The molecule has 2 heteroatoms. The van der Waals surface area contributed by atoms with Gasteiger partial charge in [0.15, 0.2) is 0 Å². The zero-order valence-electron chi connectivity index (χ0n) is 4.89. The summed E-state index contributed by atoms with van der Waals surface area (Å²) in [6.07, 6.45) is 1.37. The second kappa shape index (κ2) is 1.67. The van der Waals surface area contributed by atoms with E-state index in [0.717, 1.165) is 0 Å². The van der Waals surface area contributed by atoms with Crippen LogP contribution in [0.4, 0.5) is 0 Å². The molecule has 0 aromatic carbocycles. The minimum absolute atomic E-state index is 0.372. The van der Waals surface area contributed by atoms with Gasteiger partial charge in [0.2, 0.25) is 0 Å². The molecule has 0 spiro atoms. The molecule has 1 nitrogen and oxygen atoms in total. The molecule has 2 rings (SSSR count). The molecular weight excluding hydrogens is 132 g/mol. The van der Waals surface area contributed by atoms with Gasteiger partial charge >= 0.3 is 0 Å². The molecule has 0 radical (unpaired) electrons. The van der Waals surface area contributed by atoms with E-state index in [4.69, 9.17) is 0 Å². The van der Waals surface area contributed by atoms with E-state index in [2.05, 4.69) is 5.38 Å². The first-order valence-corrected chi connectivity index (χ1v) is 3.81. The Morgan fingerprint density at radius 1 is 1.44 bits per heavy atom. The van der Waals surface area contributed by atoms with Crippen LogP contribution in [0.5, 0.6) is 0 Å². The Labute approximate surface area is 57.3 Å². The number of rotatable bonds is 0. The molecule has 9 heavy (non-hydrogen) atoms. The minimum atomic E-state index is 0.372. The smallest absolute Gasteiger partial charge is 0.142 e. The highest BCUT2D eigenvalue weighted by molar-refractivity contribution is 7.10. The van der Waals surface area contributed by atoms with Gasteiger partial charge in [0.1, 0.15) is 5.78 Å². The molecule has 46 valence electrons. The van der Waals surface area contributed by atoms with E-state index in [9.17, 15) is 4.79 Å². The summed E-state index contributed by atoms with van der Waals surface area (Å²) in [5.74, 6) is 0.372. The Balaban J connectivity index is 2.49. The second-order valence-corrected chi connectivity index (χ2v) is 3.26. The van der Waals surface area contributed by atoms with Gasteiger partial charge in [-0.1, -0.05) is 0 Å². The Morgan fingerprint density at radius 3 is 3.11 bits per heavy atom. The number of thiophene rings is 1. The highest BCUT2D eigenvalue weighted by Gasteiger charge is 2.18. The third-order valence-electron chi connectivity index (χ3n) is 1.58. The summed E-state index contributed by atoms with van der Waals surface area (Å²) in [5, 5.41) is 2.05. The number of fused-ring (bicyclic) bond motifs is 1. The van der Waals surface area contributed by atoms with Crippen molar-refractivity contribution in [1.82, 2.24) is 0 Å². The fraction of sp³-hybridized carbons (Fsp3) is 0.286. The van der Waals surface area contributed by atoms with Crippen LogP contribution in [0.1, 0.15) is 10.4 Å². The lowest BCUT2D eigenvalue weighted by molar-refractivity contribution is -0.117. The maximum Gasteiger partial charge on any atom is 0.142 e. The monoisotopic (exact) mass is 138 g/mol. The second-order valence-electron chi connectivity index (χ2n) is 2.26. The lowest BCUT2D eigenvalue weighted by Gasteiger charge is -1.77. The molecule has 1 aliphatic carbocycles. The van der Waals surface area contributed by atoms with Crippen molar-refractivity contribution in [2.45, 2.75) is 12.8 Å². The largest absolute Gasteiger partial charge is 0.299 e. The Hall–Kier alpha value is -0.630. The maximum atomic E-state index is 10.8. The molecule has 0 N–H and O–H groups in total. The minimum Gasteiger partial charge on any atom is -0.299 e. The van der Waals surface area contributed by atoms with E-state index in [0.29, 0.717) is 18.6 Å². The molecule has 0 amide bonds. The van der Waals surface area contributed by atoms with Gasteiger partial charge in [0.05, 0.1) is 0 Å². The lowest BCUT2D eigenvalue weighted by Crippen LogP contribution is -1.92. The summed E-state index contributed by atoms with van der Waals surface area (Å²) < 4.78 is 0. The van der Waals surface area contributed by atoms with Gasteiger partial charge in [-0.05, 0) is 17.0 Å². The summed E-state index contributed by atoms with van der Waals surface area (Å²) >= 11 is 1.69. The highest BCUT2D eigenvalue weighted by Crippen LogP contribution is 2.24. The SMILES string of the molecule is O=C1Cc2ccsc2C1. The highest BCUT2D eigenvalue weighted by atomic mass is 32.1. The van der Waals surface area contributed by atoms with Crippen LogP contribution >= 0.6 is 11.3 Å². The summed E-state index contributed by atoms with van der Waals surface area (Å²) in [5.41, 5.74) is 1.25. The van der Waals surface area contributed by atoms with E-state index < -0.39 is 0 Å². The average Bonchev–Trinajstić information content (AvgIpc) is 2.22. The lowest BCUT2D eigenvalue weighted by atomic mass is 10.3. The van der Waals surface area contributed by atoms with Crippen molar-refractivity contribution < 1.29 is 4.79 Å². The summed E-state index contributed by atoms with van der Waals surface area (Å²) in [7, 11) is 0. The number of carbonyl (C=O) groups excluding carboxylic acids is 1. The number of carbonyl (C=O) groups is 1. The van der Waals surface area contributed by atoms with Crippen molar-refractivity contribution in [2.24, 2.45) is 0 Å². The zero-order chi connectivity index (χ0) is 6.27. The van der Waals surface area contributed by atoms with Gasteiger partial charge in [0.25, 0.3) is 0 Å². The van der Waals surface area contributed by atoms with Crippen LogP contribution in [-0.4, -0.2) is 5.78 Å². The molecule has 0 atom stereocenters. The molecule has 1 heterocycles. The van der Waals surface area contributed by atoms with Gasteiger partial charge in [0, 0.05) is 17.7 Å². The average molecular weight is 138 g/mol. The van der Waals surface area contributed by atoms with Crippen molar-refractivity contribution in [3.05, 3.63) is 21.9 Å². The fourth-order valence-corrected chi connectivity index (χ4v) is 2.07. The standard InChI is InChI=1S/C7H6OS/c8-6-3-5-1-2-9-7(5)4-6/h1-2H,3-4H2. The van der Waals surface area contributed by atoms with Crippen LogP contribution in [0.3, 0.4) is 0 Å². The molecule has 1 aromatic heterocycles. The van der Waals surface area contributed by atoms with Gasteiger partial charge in [-0.25, -0.2) is 0 Å². The van der Waals surface area contributed by atoms with Crippen molar-refractivity contribution in [2.75, 3.05) is 0 Å². The zero-order valence-corrected chi connectivity index (χ0v) is 5.70. The van der Waals surface area contributed by atoms with E-state index in [1.165, 1.54) is 10.4 Å². The number of hydrogen-bond donors (Lipinski definition) is 0. The van der Waals surface area contributed by atoms with Gasteiger partial charge < -0.3 is 0 Å². The van der Waals surface area contributed by atoms with Crippen LogP contribution in [0.15, 0.2) is 11.4 Å². The van der Waals surface area contributed by atoms with Crippen molar-refractivity contribution in [3.63, 3.8) is 0 Å². The molecule has 0 unspecified atom stereocenters. The van der Waals surface area contributed by atoms with Crippen molar-refractivity contribution in [1.29, 1.82) is 0 Å². The molecule has 0 saturated heterocycles. The van der Waals surface area contributed by atoms with Crippen LogP contribution in [0.25, 0.3) is 0 Å². The summed E-state index contributed by atoms with van der Waals surface area (Å²) in [4.78, 5) is 12.0. The Morgan fingerprint density at radius 2 is 2.33 bits per heavy atom. The number of hydrogen-bond acceptors (Lipinski definition) is 2. The first-order chi connectivity index (χ1) is 4.36. The third-order valence-corrected chi connectivity index (χ3v) is 2.55. The molecule has 1 aliphatic rings. The molecule has 1 aromatic rings. The predicted octanol–water partition coefficient (Wildman–Crippen LogP) is 1.42. The molecular formula is C7H6OS. The molecule has 0 bridgehead atoms. The quantitative estimate of drug-likeness (QED) is 0.530. The Bertz CT molecular complexity index is 227. The van der Waals surface area contributed by atoms with Crippen molar-refractivity contribution in [3.8, 4) is 0 Å². The van der Waals surface area contributed by atoms with Gasteiger partial charge in [-0.3, -0.25) is 4.79 Å². The van der Waals surface area contributed by atoms with E-state index in [1.54, 1.807) is 11.3 Å². The van der Waals surface area contributed by atoms with E-state index in [1.807, 2.05) is 6.07 Å². The van der Waals surface area contributed by atoms with Crippen LogP contribution in [0, 0.1) is 0 Å². The molecule has 0 aliphatic heterocycles. The number of Topliss-reactive ketones (excluding diaryl/α,β-unsaturated/α-hetero) is 1. The van der Waals surface area contributed by atoms with Crippen LogP contribution in [-0.2, 0) is 17.6 Å². The summed E-state index contributed by atoms with van der Waals surface area (Å²) in [6, 6.07) is 2.05.